The molecule has 1 aromatic carbocycles. The molecule has 1 aromatic heterocycles. The zero-order valence-electron chi connectivity index (χ0n) is 11.5. The second-order valence-corrected chi connectivity index (χ2v) is 6.47. The van der Waals surface area contributed by atoms with E-state index < -0.39 is 5.97 Å². The molecule has 0 amide bonds. The number of nitrogens with zero attached hydrogens (tertiary/aromatic N) is 1. The van der Waals surface area contributed by atoms with E-state index in [4.69, 9.17) is 0 Å². The van der Waals surface area contributed by atoms with Gasteiger partial charge in [-0.25, -0.2) is 9.78 Å². The van der Waals surface area contributed by atoms with Crippen LogP contribution in [0.1, 0.15) is 41.6 Å². The van der Waals surface area contributed by atoms with Gasteiger partial charge in [0.25, 0.3) is 0 Å². The average Bonchev–Trinajstić information content (AvgIpc) is 2.76. The second kappa shape index (κ2) is 4.78. The fourth-order valence-electron chi connectivity index (χ4n) is 1.93. The van der Waals surface area contributed by atoms with E-state index in [1.165, 1.54) is 5.56 Å². The van der Waals surface area contributed by atoms with Crippen molar-refractivity contribution < 1.29 is 9.90 Å². The number of aromatic carboxylic acids is 1. The number of rotatable bonds is 2. The molecule has 19 heavy (non-hydrogen) atoms. The van der Waals surface area contributed by atoms with Gasteiger partial charge in [-0.05, 0) is 29.5 Å². The maximum absolute atomic E-state index is 11.2. The molecule has 0 aliphatic heterocycles. The van der Waals surface area contributed by atoms with E-state index in [2.05, 4.69) is 37.9 Å². The number of aryl methyl sites for hydroxylation is 1. The predicted molar refractivity (Wildman–Crippen MR) is 77.9 cm³/mol. The van der Waals surface area contributed by atoms with Crippen molar-refractivity contribution in [1.29, 1.82) is 0 Å². The van der Waals surface area contributed by atoms with Gasteiger partial charge < -0.3 is 5.11 Å². The van der Waals surface area contributed by atoms with E-state index >= 15 is 0 Å². The molecule has 0 unspecified atom stereocenters. The van der Waals surface area contributed by atoms with Crippen molar-refractivity contribution >= 4 is 17.3 Å². The van der Waals surface area contributed by atoms with Crippen molar-refractivity contribution in [3.63, 3.8) is 0 Å². The molecule has 3 nitrogen and oxygen atoms in total. The lowest BCUT2D eigenvalue weighted by Crippen LogP contribution is -2.11. The van der Waals surface area contributed by atoms with Gasteiger partial charge in [-0.1, -0.05) is 32.9 Å². The highest BCUT2D eigenvalue weighted by Crippen LogP contribution is 2.32. The second-order valence-electron chi connectivity index (χ2n) is 5.61. The molecule has 100 valence electrons. The Morgan fingerprint density at radius 2 is 2.00 bits per heavy atom. The number of carboxylic acid groups (broad SMARTS) is 1. The zero-order chi connectivity index (χ0) is 14.2. The fourth-order valence-corrected chi connectivity index (χ4v) is 2.57. The first-order valence-corrected chi connectivity index (χ1v) is 6.97. The van der Waals surface area contributed by atoms with E-state index in [1.54, 1.807) is 5.51 Å². The number of aromatic nitrogens is 1. The summed E-state index contributed by atoms with van der Waals surface area (Å²) >= 11 is 1.16. The molecule has 1 N–H and O–H groups in total. The molecule has 0 bridgehead atoms. The molecular weight excluding hydrogens is 258 g/mol. The van der Waals surface area contributed by atoms with Gasteiger partial charge in [0.15, 0.2) is 0 Å². The predicted octanol–water partition coefficient (Wildman–Crippen LogP) is 4.11. The lowest BCUT2D eigenvalue weighted by Gasteiger charge is -2.20. The number of thiazole rings is 1. The van der Waals surface area contributed by atoms with Crippen molar-refractivity contribution in [1.82, 2.24) is 4.98 Å². The lowest BCUT2D eigenvalue weighted by molar-refractivity contribution is 0.0702. The molecule has 0 atom stereocenters. The van der Waals surface area contributed by atoms with E-state index in [-0.39, 0.29) is 5.41 Å². The van der Waals surface area contributed by atoms with Crippen molar-refractivity contribution in [3.05, 3.63) is 39.7 Å². The standard InChI is InChI=1S/C15H17NO2S/c1-9-5-6-10(15(2,3)4)7-11(9)12-13(14(17)18)19-8-16-12/h5-8H,1-4H3,(H,17,18). The molecule has 0 aliphatic rings. The van der Waals surface area contributed by atoms with Crippen LogP contribution in [0.15, 0.2) is 23.7 Å². The molecular formula is C15H17NO2S. The minimum Gasteiger partial charge on any atom is -0.477 e. The Hall–Kier alpha value is -1.68. The normalized spacial score (nSPS) is 11.6. The highest BCUT2D eigenvalue weighted by Gasteiger charge is 2.20. The van der Waals surface area contributed by atoms with Gasteiger partial charge in [-0.3, -0.25) is 0 Å². The lowest BCUT2D eigenvalue weighted by atomic mass is 9.85. The molecule has 0 aliphatic carbocycles. The van der Waals surface area contributed by atoms with Crippen LogP contribution < -0.4 is 0 Å². The molecule has 0 spiro atoms. The smallest absolute Gasteiger partial charge is 0.348 e. The Balaban J connectivity index is 2.62. The Bertz CT molecular complexity index is 623. The SMILES string of the molecule is Cc1ccc(C(C)(C)C)cc1-c1ncsc1C(=O)O. The third-order valence-corrected chi connectivity index (χ3v) is 3.93. The number of hydrogen-bond acceptors (Lipinski definition) is 3. The number of benzene rings is 1. The number of carbonyl (C=O) groups is 1. The van der Waals surface area contributed by atoms with Gasteiger partial charge in [-0.15, -0.1) is 11.3 Å². The summed E-state index contributed by atoms with van der Waals surface area (Å²) in [7, 11) is 0. The van der Waals surface area contributed by atoms with Crippen LogP contribution in [0.3, 0.4) is 0 Å². The van der Waals surface area contributed by atoms with E-state index in [0.717, 1.165) is 22.5 Å². The quantitative estimate of drug-likeness (QED) is 0.897. The van der Waals surface area contributed by atoms with Crippen LogP contribution >= 0.6 is 11.3 Å². The Kier molecular flexibility index (Phi) is 3.45. The highest BCUT2D eigenvalue weighted by molar-refractivity contribution is 7.12. The monoisotopic (exact) mass is 275 g/mol. The zero-order valence-corrected chi connectivity index (χ0v) is 12.3. The first-order chi connectivity index (χ1) is 8.80. The van der Waals surface area contributed by atoms with Gasteiger partial charge in [-0.2, -0.15) is 0 Å². The molecule has 1 heterocycles. The summed E-state index contributed by atoms with van der Waals surface area (Å²) in [5, 5.41) is 9.21. The molecule has 2 aromatic rings. The molecule has 0 fully saturated rings. The van der Waals surface area contributed by atoms with Gasteiger partial charge in [0.05, 0.1) is 11.2 Å². The molecule has 0 saturated heterocycles. The Morgan fingerprint density at radius 3 is 2.58 bits per heavy atom. The topological polar surface area (TPSA) is 50.2 Å². The fraction of sp³-hybridized carbons (Fsp3) is 0.333. The third kappa shape index (κ3) is 2.68. The van der Waals surface area contributed by atoms with Crippen molar-refractivity contribution in [2.45, 2.75) is 33.1 Å². The summed E-state index contributed by atoms with van der Waals surface area (Å²) in [5.74, 6) is -0.918. The van der Waals surface area contributed by atoms with E-state index in [1.807, 2.05) is 13.0 Å². The largest absolute Gasteiger partial charge is 0.477 e. The highest BCUT2D eigenvalue weighted by atomic mass is 32.1. The summed E-state index contributed by atoms with van der Waals surface area (Å²) in [6, 6.07) is 6.17. The summed E-state index contributed by atoms with van der Waals surface area (Å²) in [5.41, 5.74) is 5.31. The number of carboxylic acids is 1. The molecule has 2 rings (SSSR count). The van der Waals surface area contributed by atoms with Crippen LogP contribution in [0.4, 0.5) is 0 Å². The van der Waals surface area contributed by atoms with Crippen LogP contribution in [0.25, 0.3) is 11.3 Å². The maximum Gasteiger partial charge on any atom is 0.348 e. The van der Waals surface area contributed by atoms with E-state index in [9.17, 15) is 9.90 Å². The van der Waals surface area contributed by atoms with Gasteiger partial charge >= 0.3 is 5.97 Å². The van der Waals surface area contributed by atoms with Gasteiger partial charge in [0, 0.05) is 5.56 Å². The van der Waals surface area contributed by atoms with Crippen LogP contribution in [-0.4, -0.2) is 16.1 Å². The molecule has 0 saturated carbocycles. The number of hydrogen-bond donors (Lipinski definition) is 1. The first-order valence-electron chi connectivity index (χ1n) is 6.09. The van der Waals surface area contributed by atoms with Gasteiger partial charge in [0.2, 0.25) is 0 Å². The van der Waals surface area contributed by atoms with Gasteiger partial charge in [0.1, 0.15) is 4.88 Å². The summed E-state index contributed by atoms with van der Waals surface area (Å²) in [6.45, 7) is 8.40. The maximum atomic E-state index is 11.2. The van der Waals surface area contributed by atoms with Crippen LogP contribution in [-0.2, 0) is 5.41 Å². The summed E-state index contributed by atoms with van der Waals surface area (Å²) in [4.78, 5) is 15.7. The van der Waals surface area contributed by atoms with Crippen molar-refractivity contribution in [2.24, 2.45) is 0 Å². The third-order valence-electron chi connectivity index (χ3n) is 3.12. The summed E-state index contributed by atoms with van der Waals surface area (Å²) in [6.07, 6.45) is 0. The minimum absolute atomic E-state index is 0.0296. The van der Waals surface area contributed by atoms with Crippen LogP contribution in [0.5, 0.6) is 0 Å². The average molecular weight is 275 g/mol. The first kappa shape index (κ1) is 13.7. The molecule has 4 heteroatoms. The summed E-state index contributed by atoms with van der Waals surface area (Å²) < 4.78 is 0. The van der Waals surface area contributed by atoms with Crippen molar-refractivity contribution in [3.8, 4) is 11.3 Å². The Labute approximate surface area is 116 Å². The minimum atomic E-state index is -0.918. The molecule has 0 radical (unpaired) electrons. The Morgan fingerprint density at radius 1 is 1.32 bits per heavy atom. The van der Waals surface area contributed by atoms with E-state index in [0.29, 0.717) is 10.6 Å². The van der Waals surface area contributed by atoms with Crippen LogP contribution in [0, 0.1) is 6.92 Å². The van der Waals surface area contributed by atoms with Crippen molar-refractivity contribution in [2.75, 3.05) is 0 Å². The van der Waals surface area contributed by atoms with Crippen LogP contribution in [0.2, 0.25) is 0 Å².